The first-order chi connectivity index (χ1) is 7.31. The molecule has 0 aliphatic rings. The Kier molecular flexibility index (Phi) is 2.73. The second-order valence-corrected chi connectivity index (χ2v) is 3.25. The van der Waals surface area contributed by atoms with Gasteiger partial charge >= 0.3 is 0 Å². The smallest absolute Gasteiger partial charge is 0.235 e. The van der Waals surface area contributed by atoms with E-state index in [2.05, 4.69) is 15.0 Å². The third kappa shape index (κ3) is 2.02. The SMILES string of the molecule is Cc1ccnc(-n2ccnc2CCN)n1. The molecule has 78 valence electrons. The molecule has 5 nitrogen and oxygen atoms in total. The van der Waals surface area contributed by atoms with Gasteiger partial charge < -0.3 is 5.73 Å². The molecule has 0 bridgehead atoms. The lowest BCUT2D eigenvalue weighted by molar-refractivity contribution is 0.799. The molecule has 2 heterocycles. The fraction of sp³-hybridized carbons (Fsp3) is 0.300. The predicted octanol–water partition coefficient (Wildman–Crippen LogP) is 0.472. The molecule has 2 aromatic heterocycles. The van der Waals surface area contributed by atoms with Crippen molar-refractivity contribution >= 4 is 0 Å². The normalized spacial score (nSPS) is 10.5. The van der Waals surface area contributed by atoms with Crippen LogP contribution in [0.15, 0.2) is 24.7 Å². The van der Waals surface area contributed by atoms with E-state index in [0.29, 0.717) is 12.5 Å². The minimum absolute atomic E-state index is 0.572. The third-order valence-electron chi connectivity index (χ3n) is 2.08. The molecule has 0 amide bonds. The highest BCUT2D eigenvalue weighted by Crippen LogP contribution is 2.05. The van der Waals surface area contributed by atoms with Crippen molar-refractivity contribution in [3.8, 4) is 5.95 Å². The number of aromatic nitrogens is 4. The molecule has 5 heteroatoms. The molecule has 0 radical (unpaired) electrons. The largest absolute Gasteiger partial charge is 0.330 e. The van der Waals surface area contributed by atoms with Crippen molar-refractivity contribution in [1.82, 2.24) is 19.5 Å². The number of hydrogen-bond acceptors (Lipinski definition) is 4. The van der Waals surface area contributed by atoms with Crippen molar-refractivity contribution in [1.29, 1.82) is 0 Å². The summed E-state index contributed by atoms with van der Waals surface area (Å²) < 4.78 is 1.86. The molecule has 0 saturated heterocycles. The Morgan fingerprint density at radius 3 is 2.93 bits per heavy atom. The van der Waals surface area contributed by atoms with Crippen molar-refractivity contribution in [3.63, 3.8) is 0 Å². The Hall–Kier alpha value is -1.75. The topological polar surface area (TPSA) is 69.6 Å². The average molecular weight is 203 g/mol. The van der Waals surface area contributed by atoms with E-state index >= 15 is 0 Å². The van der Waals surface area contributed by atoms with E-state index in [4.69, 9.17) is 5.73 Å². The molecule has 0 saturated carbocycles. The van der Waals surface area contributed by atoms with Gasteiger partial charge in [-0.15, -0.1) is 0 Å². The van der Waals surface area contributed by atoms with Crippen molar-refractivity contribution in [3.05, 3.63) is 36.2 Å². The van der Waals surface area contributed by atoms with E-state index in [-0.39, 0.29) is 0 Å². The van der Waals surface area contributed by atoms with Crippen LogP contribution < -0.4 is 5.73 Å². The van der Waals surface area contributed by atoms with Gasteiger partial charge in [-0.05, 0) is 19.5 Å². The number of nitrogens with zero attached hydrogens (tertiary/aromatic N) is 4. The molecule has 0 fully saturated rings. The summed E-state index contributed by atoms with van der Waals surface area (Å²) in [5.74, 6) is 1.54. The van der Waals surface area contributed by atoms with Gasteiger partial charge in [0.15, 0.2) is 0 Å². The summed E-state index contributed by atoms with van der Waals surface area (Å²) in [6.45, 7) is 2.51. The molecule has 0 atom stereocenters. The fourth-order valence-electron chi connectivity index (χ4n) is 1.38. The van der Waals surface area contributed by atoms with Gasteiger partial charge in [0.2, 0.25) is 5.95 Å². The lowest BCUT2D eigenvalue weighted by Gasteiger charge is -2.04. The van der Waals surface area contributed by atoms with Crippen LogP contribution in [0.5, 0.6) is 0 Å². The van der Waals surface area contributed by atoms with Crippen molar-refractivity contribution in [2.75, 3.05) is 6.54 Å². The lowest BCUT2D eigenvalue weighted by atomic mass is 10.4. The van der Waals surface area contributed by atoms with E-state index in [0.717, 1.165) is 17.9 Å². The molecule has 0 aliphatic carbocycles. The third-order valence-corrected chi connectivity index (χ3v) is 2.08. The highest BCUT2D eigenvalue weighted by Gasteiger charge is 2.05. The van der Waals surface area contributed by atoms with E-state index in [1.165, 1.54) is 0 Å². The first-order valence-corrected chi connectivity index (χ1v) is 4.83. The van der Waals surface area contributed by atoms with Crippen molar-refractivity contribution in [2.45, 2.75) is 13.3 Å². The summed E-state index contributed by atoms with van der Waals surface area (Å²) in [5.41, 5.74) is 6.44. The zero-order chi connectivity index (χ0) is 10.7. The molecule has 0 aromatic carbocycles. The number of aryl methyl sites for hydroxylation is 1. The van der Waals surface area contributed by atoms with Gasteiger partial charge in [0.25, 0.3) is 0 Å². The van der Waals surface area contributed by atoms with Gasteiger partial charge in [0, 0.05) is 30.7 Å². The van der Waals surface area contributed by atoms with Gasteiger partial charge in [0.1, 0.15) is 5.82 Å². The summed E-state index contributed by atoms with van der Waals surface area (Å²) >= 11 is 0. The van der Waals surface area contributed by atoms with Crippen molar-refractivity contribution < 1.29 is 0 Å². The van der Waals surface area contributed by atoms with Crippen LogP contribution in [0, 0.1) is 6.92 Å². The van der Waals surface area contributed by atoms with Crippen LogP contribution in [-0.2, 0) is 6.42 Å². The molecular weight excluding hydrogens is 190 g/mol. The summed E-state index contributed by atoms with van der Waals surface area (Å²) in [5, 5.41) is 0. The zero-order valence-electron chi connectivity index (χ0n) is 8.59. The second-order valence-electron chi connectivity index (χ2n) is 3.25. The maximum absolute atomic E-state index is 5.50. The monoisotopic (exact) mass is 203 g/mol. The first-order valence-electron chi connectivity index (χ1n) is 4.83. The first kappa shape index (κ1) is 9.79. The molecular formula is C10H13N5. The van der Waals surface area contributed by atoms with E-state index in [9.17, 15) is 0 Å². The second kappa shape index (κ2) is 4.18. The van der Waals surface area contributed by atoms with Crippen LogP contribution in [0.4, 0.5) is 0 Å². The Balaban J connectivity index is 2.40. The van der Waals surface area contributed by atoms with Gasteiger partial charge in [0.05, 0.1) is 0 Å². The number of imidazole rings is 1. The van der Waals surface area contributed by atoms with E-state index in [1.807, 2.05) is 23.8 Å². The summed E-state index contributed by atoms with van der Waals surface area (Å²) in [7, 11) is 0. The highest BCUT2D eigenvalue weighted by atomic mass is 15.2. The van der Waals surface area contributed by atoms with Crippen LogP contribution in [0.25, 0.3) is 5.95 Å². The maximum Gasteiger partial charge on any atom is 0.235 e. The summed E-state index contributed by atoms with van der Waals surface area (Å²) in [4.78, 5) is 12.7. The molecule has 0 unspecified atom stereocenters. The molecule has 15 heavy (non-hydrogen) atoms. The van der Waals surface area contributed by atoms with Crippen LogP contribution >= 0.6 is 0 Å². The van der Waals surface area contributed by atoms with Crippen LogP contribution in [0.3, 0.4) is 0 Å². The quantitative estimate of drug-likeness (QED) is 0.787. The van der Waals surface area contributed by atoms with Crippen LogP contribution in [-0.4, -0.2) is 26.1 Å². The molecule has 2 N–H and O–H groups in total. The summed E-state index contributed by atoms with van der Waals surface area (Å²) in [6.07, 6.45) is 6.05. The van der Waals surface area contributed by atoms with Crippen molar-refractivity contribution in [2.24, 2.45) is 5.73 Å². The van der Waals surface area contributed by atoms with Gasteiger partial charge in [-0.3, -0.25) is 4.57 Å². The standard InChI is InChI=1S/C10H13N5/c1-8-3-5-13-10(14-8)15-7-6-12-9(15)2-4-11/h3,5-7H,2,4,11H2,1H3. The zero-order valence-corrected chi connectivity index (χ0v) is 8.59. The average Bonchev–Trinajstić information content (AvgIpc) is 2.66. The summed E-state index contributed by atoms with van der Waals surface area (Å²) in [6, 6.07) is 1.86. The minimum Gasteiger partial charge on any atom is -0.330 e. The highest BCUT2D eigenvalue weighted by molar-refractivity contribution is 5.17. The Morgan fingerprint density at radius 2 is 2.20 bits per heavy atom. The fourth-order valence-corrected chi connectivity index (χ4v) is 1.38. The number of rotatable bonds is 3. The predicted molar refractivity (Wildman–Crippen MR) is 56.6 cm³/mol. The van der Waals surface area contributed by atoms with Crippen LogP contribution in [0.1, 0.15) is 11.5 Å². The van der Waals surface area contributed by atoms with E-state index < -0.39 is 0 Å². The van der Waals surface area contributed by atoms with Gasteiger partial charge in [-0.2, -0.15) is 0 Å². The molecule has 0 aliphatic heterocycles. The Morgan fingerprint density at radius 1 is 1.33 bits per heavy atom. The molecule has 2 rings (SSSR count). The Labute approximate surface area is 88.0 Å². The molecule has 2 aromatic rings. The van der Waals surface area contributed by atoms with Gasteiger partial charge in [-0.25, -0.2) is 15.0 Å². The maximum atomic E-state index is 5.50. The Bertz CT molecular complexity index is 449. The minimum atomic E-state index is 0.572. The number of hydrogen-bond donors (Lipinski definition) is 1. The van der Waals surface area contributed by atoms with Crippen LogP contribution in [0.2, 0.25) is 0 Å². The van der Waals surface area contributed by atoms with E-state index in [1.54, 1.807) is 12.4 Å². The molecule has 0 spiro atoms. The number of nitrogens with two attached hydrogens (primary N) is 1. The van der Waals surface area contributed by atoms with Gasteiger partial charge in [-0.1, -0.05) is 0 Å². The lowest BCUT2D eigenvalue weighted by Crippen LogP contribution is -2.10.